The van der Waals surface area contributed by atoms with Crippen molar-refractivity contribution in [3.63, 3.8) is 0 Å². The van der Waals surface area contributed by atoms with Gasteiger partial charge in [-0.15, -0.1) is 24.0 Å². The van der Waals surface area contributed by atoms with Gasteiger partial charge in [-0.3, -0.25) is 4.99 Å². The molecule has 0 aliphatic heterocycles. The minimum absolute atomic E-state index is 0. The zero-order valence-electron chi connectivity index (χ0n) is 15.5. The van der Waals surface area contributed by atoms with Crippen molar-refractivity contribution >= 4 is 29.9 Å². The number of aliphatic imine (C=N–C) groups is 1. The highest BCUT2D eigenvalue weighted by Crippen LogP contribution is 2.43. The molecule has 1 aliphatic carbocycles. The molecule has 1 rings (SSSR count). The van der Waals surface area contributed by atoms with Gasteiger partial charge in [-0.25, -0.2) is 0 Å². The summed E-state index contributed by atoms with van der Waals surface area (Å²) in [6.07, 6.45) is 6.43. The topological polar surface area (TPSA) is 48.9 Å². The quantitative estimate of drug-likeness (QED) is 0.225. The van der Waals surface area contributed by atoms with Gasteiger partial charge in [0, 0.05) is 33.3 Å². The molecular formula is C17H37IN4O. The van der Waals surface area contributed by atoms with E-state index in [-0.39, 0.29) is 24.0 Å². The number of guanidine groups is 1. The van der Waals surface area contributed by atoms with E-state index < -0.39 is 0 Å². The standard InChI is InChI=1S/C17H36N4O.HI/c1-5-17(9-7-10-17)15-20-16(18-6-2)19-11-8-12-21(3)13-14-22-4;/h5-15H2,1-4H3,(H2,18,19,20);1H. The summed E-state index contributed by atoms with van der Waals surface area (Å²) in [7, 11) is 3.89. The van der Waals surface area contributed by atoms with Gasteiger partial charge in [0.25, 0.3) is 0 Å². The lowest BCUT2D eigenvalue weighted by molar-refractivity contribution is 0.139. The summed E-state index contributed by atoms with van der Waals surface area (Å²) >= 11 is 0. The molecule has 0 unspecified atom stereocenters. The van der Waals surface area contributed by atoms with Gasteiger partial charge in [-0.05, 0) is 51.6 Å². The second-order valence-corrected chi connectivity index (χ2v) is 6.48. The van der Waals surface area contributed by atoms with Crippen LogP contribution in [-0.4, -0.2) is 64.3 Å². The Kier molecular flexibility index (Phi) is 13.2. The lowest BCUT2D eigenvalue weighted by atomic mass is 9.67. The first kappa shape index (κ1) is 22.9. The number of rotatable bonds is 11. The Hall–Kier alpha value is -0.0800. The van der Waals surface area contributed by atoms with Crippen LogP contribution in [-0.2, 0) is 4.74 Å². The highest BCUT2D eigenvalue weighted by molar-refractivity contribution is 14.0. The van der Waals surface area contributed by atoms with Crippen LogP contribution >= 0.6 is 24.0 Å². The molecule has 23 heavy (non-hydrogen) atoms. The summed E-state index contributed by atoms with van der Waals surface area (Å²) < 4.78 is 5.09. The lowest BCUT2D eigenvalue weighted by Gasteiger charge is -2.40. The maximum atomic E-state index is 5.09. The van der Waals surface area contributed by atoms with Crippen LogP contribution in [0.2, 0.25) is 0 Å². The van der Waals surface area contributed by atoms with E-state index in [1.165, 1.54) is 25.7 Å². The predicted octanol–water partition coefficient (Wildman–Crippen LogP) is 2.71. The molecule has 1 saturated carbocycles. The Morgan fingerprint density at radius 3 is 2.48 bits per heavy atom. The second-order valence-electron chi connectivity index (χ2n) is 6.48. The number of nitrogens with one attached hydrogen (secondary N) is 2. The summed E-state index contributed by atoms with van der Waals surface area (Å²) in [5.74, 6) is 0.974. The third-order valence-electron chi connectivity index (χ3n) is 4.77. The van der Waals surface area contributed by atoms with Gasteiger partial charge < -0.3 is 20.3 Å². The van der Waals surface area contributed by atoms with Crippen LogP contribution < -0.4 is 10.6 Å². The molecule has 0 radical (unpaired) electrons. The van der Waals surface area contributed by atoms with E-state index >= 15 is 0 Å². The maximum Gasteiger partial charge on any atom is 0.191 e. The Morgan fingerprint density at radius 1 is 1.22 bits per heavy atom. The third-order valence-corrected chi connectivity index (χ3v) is 4.77. The summed E-state index contributed by atoms with van der Waals surface area (Å²) in [5, 5.41) is 6.81. The molecule has 1 aliphatic rings. The van der Waals surface area contributed by atoms with E-state index in [1.807, 2.05) is 0 Å². The number of hydrogen-bond acceptors (Lipinski definition) is 3. The lowest BCUT2D eigenvalue weighted by Crippen LogP contribution is -2.40. The first-order chi connectivity index (χ1) is 10.7. The van der Waals surface area contributed by atoms with Crippen molar-refractivity contribution in [2.24, 2.45) is 10.4 Å². The fraction of sp³-hybridized carbons (Fsp3) is 0.941. The van der Waals surface area contributed by atoms with Gasteiger partial charge in [-0.1, -0.05) is 13.3 Å². The van der Waals surface area contributed by atoms with Crippen LogP contribution in [0.1, 0.15) is 46.0 Å². The fourth-order valence-corrected chi connectivity index (χ4v) is 2.80. The van der Waals surface area contributed by atoms with Gasteiger partial charge >= 0.3 is 0 Å². The number of methoxy groups -OCH3 is 1. The van der Waals surface area contributed by atoms with Crippen molar-refractivity contribution in [3.05, 3.63) is 0 Å². The van der Waals surface area contributed by atoms with E-state index in [1.54, 1.807) is 7.11 Å². The molecule has 0 heterocycles. The van der Waals surface area contributed by atoms with Crippen LogP contribution in [0.15, 0.2) is 4.99 Å². The molecule has 1 fully saturated rings. The van der Waals surface area contributed by atoms with Crippen LogP contribution in [0.4, 0.5) is 0 Å². The minimum atomic E-state index is 0. The predicted molar refractivity (Wildman–Crippen MR) is 110 cm³/mol. The Bertz CT molecular complexity index is 316. The monoisotopic (exact) mass is 440 g/mol. The number of likely N-dealkylation sites (N-methyl/N-ethyl adjacent to an activating group) is 1. The highest BCUT2D eigenvalue weighted by atomic mass is 127. The Morgan fingerprint density at radius 2 is 1.96 bits per heavy atom. The molecule has 0 aromatic carbocycles. The van der Waals surface area contributed by atoms with E-state index in [0.717, 1.165) is 51.7 Å². The van der Waals surface area contributed by atoms with Crippen molar-refractivity contribution in [2.45, 2.75) is 46.0 Å². The van der Waals surface area contributed by atoms with Gasteiger partial charge in [0.2, 0.25) is 0 Å². The summed E-state index contributed by atoms with van der Waals surface area (Å²) in [6.45, 7) is 10.1. The molecule has 0 aromatic heterocycles. The summed E-state index contributed by atoms with van der Waals surface area (Å²) in [5.41, 5.74) is 0.489. The zero-order valence-corrected chi connectivity index (χ0v) is 17.8. The van der Waals surface area contributed by atoms with Crippen molar-refractivity contribution in [3.8, 4) is 0 Å². The Balaban J connectivity index is 0.00000484. The van der Waals surface area contributed by atoms with Gasteiger partial charge in [0.05, 0.1) is 6.61 Å². The van der Waals surface area contributed by atoms with Crippen LogP contribution in [0.3, 0.4) is 0 Å². The number of ether oxygens (including phenoxy) is 1. The summed E-state index contributed by atoms with van der Waals surface area (Å²) in [6, 6.07) is 0. The molecule has 138 valence electrons. The molecule has 2 N–H and O–H groups in total. The summed E-state index contributed by atoms with van der Waals surface area (Å²) in [4.78, 5) is 7.11. The van der Waals surface area contributed by atoms with E-state index in [2.05, 4.69) is 36.4 Å². The SMILES string of the molecule is CCNC(=NCC1(CC)CCC1)NCCCN(C)CCOC.I. The average molecular weight is 440 g/mol. The number of halogens is 1. The van der Waals surface area contributed by atoms with Crippen molar-refractivity contribution in [1.82, 2.24) is 15.5 Å². The van der Waals surface area contributed by atoms with Gasteiger partial charge in [-0.2, -0.15) is 0 Å². The smallest absolute Gasteiger partial charge is 0.191 e. The van der Waals surface area contributed by atoms with Crippen molar-refractivity contribution < 1.29 is 4.74 Å². The number of nitrogens with zero attached hydrogens (tertiary/aromatic N) is 2. The van der Waals surface area contributed by atoms with E-state index in [4.69, 9.17) is 9.73 Å². The zero-order chi connectivity index (χ0) is 16.3. The minimum Gasteiger partial charge on any atom is -0.383 e. The fourth-order valence-electron chi connectivity index (χ4n) is 2.80. The van der Waals surface area contributed by atoms with Crippen molar-refractivity contribution in [2.75, 3.05) is 53.5 Å². The van der Waals surface area contributed by atoms with Crippen molar-refractivity contribution in [1.29, 1.82) is 0 Å². The number of hydrogen-bond donors (Lipinski definition) is 2. The first-order valence-electron chi connectivity index (χ1n) is 8.85. The molecule has 0 spiro atoms. The normalized spacial score (nSPS) is 16.7. The van der Waals surface area contributed by atoms with Crippen LogP contribution in [0.25, 0.3) is 0 Å². The van der Waals surface area contributed by atoms with E-state index in [0.29, 0.717) is 5.41 Å². The first-order valence-corrected chi connectivity index (χ1v) is 8.85. The van der Waals surface area contributed by atoms with E-state index in [9.17, 15) is 0 Å². The highest BCUT2D eigenvalue weighted by Gasteiger charge is 2.34. The molecule has 0 saturated heterocycles. The van der Waals surface area contributed by atoms with Crippen LogP contribution in [0.5, 0.6) is 0 Å². The largest absolute Gasteiger partial charge is 0.383 e. The second kappa shape index (κ2) is 13.2. The molecule has 6 heteroatoms. The third kappa shape index (κ3) is 9.10. The molecular weight excluding hydrogens is 403 g/mol. The Labute approximate surface area is 160 Å². The molecule has 0 atom stereocenters. The molecule has 5 nitrogen and oxygen atoms in total. The van der Waals surface area contributed by atoms with Gasteiger partial charge in [0.15, 0.2) is 5.96 Å². The average Bonchev–Trinajstić information content (AvgIpc) is 2.48. The maximum absolute atomic E-state index is 5.09. The molecule has 0 bridgehead atoms. The molecule has 0 aromatic rings. The molecule has 0 amide bonds. The van der Waals surface area contributed by atoms with Crippen LogP contribution in [0, 0.1) is 5.41 Å². The van der Waals surface area contributed by atoms with Gasteiger partial charge in [0.1, 0.15) is 0 Å².